The highest BCUT2D eigenvalue weighted by atomic mass is 79.9. The van der Waals surface area contributed by atoms with E-state index in [1.165, 1.54) is 0 Å². The second-order valence-corrected chi connectivity index (χ2v) is 4.86. The zero-order chi connectivity index (χ0) is 11.4. The van der Waals surface area contributed by atoms with Gasteiger partial charge >= 0.3 is 0 Å². The second kappa shape index (κ2) is 5.10. The van der Waals surface area contributed by atoms with Crippen molar-refractivity contribution >= 4 is 33.0 Å². The van der Waals surface area contributed by atoms with Crippen molar-refractivity contribution in [3.63, 3.8) is 0 Å². The van der Waals surface area contributed by atoms with E-state index >= 15 is 0 Å². The Kier molecular flexibility index (Phi) is 3.54. The zero-order valence-electron chi connectivity index (χ0n) is 8.27. The van der Waals surface area contributed by atoms with Gasteiger partial charge in [-0.2, -0.15) is 5.26 Å². The normalized spacial score (nSPS) is 9.75. The van der Waals surface area contributed by atoms with Crippen LogP contribution in [0.1, 0.15) is 10.4 Å². The number of nitriles is 1. The summed E-state index contributed by atoms with van der Waals surface area (Å²) in [5, 5.41) is 13.8. The summed E-state index contributed by atoms with van der Waals surface area (Å²) in [4.78, 5) is 5.25. The van der Waals surface area contributed by atoms with Crippen LogP contribution in [-0.2, 0) is 6.54 Å². The molecule has 0 amide bonds. The van der Waals surface area contributed by atoms with Gasteiger partial charge in [-0.3, -0.25) is 0 Å². The molecule has 5 heteroatoms. The third-order valence-electron chi connectivity index (χ3n) is 2.00. The van der Waals surface area contributed by atoms with Gasteiger partial charge in [0.25, 0.3) is 0 Å². The third kappa shape index (κ3) is 2.60. The lowest BCUT2D eigenvalue weighted by molar-refractivity contribution is 1.16. The predicted molar refractivity (Wildman–Crippen MR) is 68.3 cm³/mol. The van der Waals surface area contributed by atoms with Crippen LogP contribution in [0.15, 0.2) is 34.4 Å². The summed E-state index contributed by atoms with van der Waals surface area (Å²) >= 11 is 4.94. The second-order valence-electron chi connectivity index (χ2n) is 3.11. The first kappa shape index (κ1) is 11.1. The summed E-state index contributed by atoms with van der Waals surface area (Å²) in [6, 6.07) is 7.84. The molecule has 0 spiro atoms. The smallest absolute Gasteiger partial charge is 0.129 e. The molecule has 2 heterocycles. The maximum atomic E-state index is 8.70. The number of thiophene rings is 1. The van der Waals surface area contributed by atoms with Crippen LogP contribution < -0.4 is 5.32 Å². The molecule has 2 aromatic rings. The van der Waals surface area contributed by atoms with Gasteiger partial charge in [-0.25, -0.2) is 4.98 Å². The fourth-order valence-corrected chi connectivity index (χ4v) is 2.37. The third-order valence-corrected chi connectivity index (χ3v) is 3.56. The molecule has 0 aliphatic rings. The molecule has 2 aromatic heterocycles. The van der Waals surface area contributed by atoms with Crippen molar-refractivity contribution in [3.8, 4) is 6.07 Å². The molecule has 0 radical (unpaired) electrons. The number of rotatable bonds is 3. The van der Waals surface area contributed by atoms with Gasteiger partial charge in [-0.05, 0) is 34.1 Å². The Morgan fingerprint density at radius 3 is 3.12 bits per heavy atom. The molecule has 3 nitrogen and oxygen atoms in total. The molecule has 16 heavy (non-hydrogen) atoms. The van der Waals surface area contributed by atoms with E-state index in [0.29, 0.717) is 12.1 Å². The van der Waals surface area contributed by atoms with E-state index in [1.807, 2.05) is 23.6 Å². The first-order valence-electron chi connectivity index (χ1n) is 4.61. The van der Waals surface area contributed by atoms with Crippen LogP contribution in [0.3, 0.4) is 0 Å². The van der Waals surface area contributed by atoms with Gasteiger partial charge in [0.2, 0.25) is 0 Å². The number of nitrogens with one attached hydrogen (secondary N) is 1. The molecule has 2 rings (SSSR count). The predicted octanol–water partition coefficient (Wildman–Crippen LogP) is 3.39. The average Bonchev–Trinajstić information content (AvgIpc) is 2.76. The molecule has 1 N–H and O–H groups in total. The SMILES string of the molecule is N#Cc1csc(CNc2cccnc2Br)c1. The van der Waals surface area contributed by atoms with Crippen molar-refractivity contribution in [2.75, 3.05) is 5.32 Å². The highest BCUT2D eigenvalue weighted by Gasteiger charge is 2.01. The summed E-state index contributed by atoms with van der Waals surface area (Å²) in [5.41, 5.74) is 1.67. The van der Waals surface area contributed by atoms with Gasteiger partial charge in [0, 0.05) is 23.0 Å². The number of aromatic nitrogens is 1. The van der Waals surface area contributed by atoms with Crippen molar-refractivity contribution < 1.29 is 0 Å². The van der Waals surface area contributed by atoms with Crippen molar-refractivity contribution in [3.05, 3.63) is 44.8 Å². The number of hydrogen-bond donors (Lipinski definition) is 1. The van der Waals surface area contributed by atoms with Crippen molar-refractivity contribution in [2.45, 2.75) is 6.54 Å². The average molecular weight is 294 g/mol. The van der Waals surface area contributed by atoms with Crippen LogP contribution in [0.2, 0.25) is 0 Å². The van der Waals surface area contributed by atoms with Crippen LogP contribution in [-0.4, -0.2) is 4.98 Å². The lowest BCUT2D eigenvalue weighted by Gasteiger charge is -2.05. The highest BCUT2D eigenvalue weighted by Crippen LogP contribution is 2.21. The Hall–Kier alpha value is -1.38. The Bertz CT molecular complexity index is 530. The molecule has 0 fully saturated rings. The summed E-state index contributed by atoms with van der Waals surface area (Å²) in [6.07, 6.45) is 1.73. The Labute approximate surface area is 106 Å². The van der Waals surface area contributed by atoms with Gasteiger partial charge in [0.15, 0.2) is 0 Å². The minimum Gasteiger partial charge on any atom is -0.378 e. The first-order valence-corrected chi connectivity index (χ1v) is 6.29. The van der Waals surface area contributed by atoms with Crippen LogP contribution in [0, 0.1) is 11.3 Å². The Morgan fingerprint density at radius 2 is 2.44 bits per heavy atom. The van der Waals surface area contributed by atoms with Gasteiger partial charge in [-0.1, -0.05) is 0 Å². The number of nitrogens with zero attached hydrogens (tertiary/aromatic N) is 2. The topological polar surface area (TPSA) is 48.7 Å². The fourth-order valence-electron chi connectivity index (χ4n) is 1.23. The molecular formula is C11H8BrN3S. The Balaban J connectivity index is 2.03. The zero-order valence-corrected chi connectivity index (χ0v) is 10.7. The molecule has 0 saturated heterocycles. The number of pyridine rings is 1. The quantitative estimate of drug-likeness (QED) is 0.883. The molecule has 0 aromatic carbocycles. The van der Waals surface area contributed by atoms with E-state index in [2.05, 4.69) is 32.3 Å². The van der Waals surface area contributed by atoms with E-state index in [1.54, 1.807) is 17.5 Å². The number of anilines is 1. The van der Waals surface area contributed by atoms with Gasteiger partial charge in [-0.15, -0.1) is 11.3 Å². The summed E-state index contributed by atoms with van der Waals surface area (Å²) < 4.78 is 0.798. The summed E-state index contributed by atoms with van der Waals surface area (Å²) in [7, 11) is 0. The minimum absolute atomic E-state index is 0.705. The molecule has 80 valence electrons. The maximum absolute atomic E-state index is 8.70. The molecule has 0 aliphatic carbocycles. The van der Waals surface area contributed by atoms with Crippen molar-refractivity contribution in [1.29, 1.82) is 5.26 Å². The first-order chi connectivity index (χ1) is 7.79. The monoisotopic (exact) mass is 293 g/mol. The van der Waals surface area contributed by atoms with Gasteiger partial charge < -0.3 is 5.32 Å². The van der Waals surface area contributed by atoms with E-state index in [-0.39, 0.29) is 0 Å². The van der Waals surface area contributed by atoms with Crippen LogP contribution in [0.25, 0.3) is 0 Å². The Morgan fingerprint density at radius 1 is 1.56 bits per heavy atom. The molecule has 0 atom stereocenters. The van der Waals surface area contributed by atoms with E-state index in [9.17, 15) is 0 Å². The molecule has 0 bridgehead atoms. The lowest BCUT2D eigenvalue weighted by Crippen LogP contribution is -1.98. The highest BCUT2D eigenvalue weighted by molar-refractivity contribution is 9.10. The summed E-state index contributed by atoms with van der Waals surface area (Å²) in [5.74, 6) is 0. The summed E-state index contributed by atoms with van der Waals surface area (Å²) in [6.45, 7) is 0.705. The van der Waals surface area contributed by atoms with E-state index in [0.717, 1.165) is 15.2 Å². The van der Waals surface area contributed by atoms with Crippen LogP contribution in [0.5, 0.6) is 0 Å². The molecule has 0 aliphatic heterocycles. The fraction of sp³-hybridized carbons (Fsp3) is 0.0909. The van der Waals surface area contributed by atoms with Crippen LogP contribution >= 0.6 is 27.3 Å². The molecular weight excluding hydrogens is 286 g/mol. The van der Waals surface area contributed by atoms with E-state index < -0.39 is 0 Å². The van der Waals surface area contributed by atoms with Crippen LogP contribution in [0.4, 0.5) is 5.69 Å². The number of hydrogen-bond acceptors (Lipinski definition) is 4. The van der Waals surface area contributed by atoms with Crippen molar-refractivity contribution in [2.24, 2.45) is 0 Å². The number of halogens is 1. The lowest BCUT2D eigenvalue weighted by atomic mass is 10.3. The molecule has 0 saturated carbocycles. The maximum Gasteiger partial charge on any atom is 0.129 e. The van der Waals surface area contributed by atoms with E-state index in [4.69, 9.17) is 5.26 Å². The minimum atomic E-state index is 0.705. The van der Waals surface area contributed by atoms with Gasteiger partial charge in [0.1, 0.15) is 10.7 Å². The molecule has 0 unspecified atom stereocenters. The standard InChI is InChI=1S/C11H8BrN3S/c12-11-10(2-1-3-14-11)15-6-9-4-8(5-13)7-16-9/h1-4,7,15H,6H2. The largest absolute Gasteiger partial charge is 0.378 e. The van der Waals surface area contributed by atoms with Gasteiger partial charge in [0.05, 0.1) is 11.3 Å². The van der Waals surface area contributed by atoms with Crippen molar-refractivity contribution in [1.82, 2.24) is 4.98 Å².